The van der Waals surface area contributed by atoms with Gasteiger partial charge < -0.3 is 18.8 Å². The summed E-state index contributed by atoms with van der Waals surface area (Å²) in [5, 5.41) is 9.16. The minimum atomic E-state index is -0.121. The number of likely N-dealkylation sites (tertiary alicyclic amines) is 1. The zero-order valence-electron chi connectivity index (χ0n) is 13.3. The molecular weight excluding hydrogens is 310 g/mol. The van der Waals surface area contributed by atoms with E-state index < -0.39 is 0 Å². The Kier molecular flexibility index (Phi) is 4.66. The number of aromatic nitrogens is 1. The van der Waals surface area contributed by atoms with Crippen LogP contribution in [0.3, 0.4) is 0 Å². The summed E-state index contributed by atoms with van der Waals surface area (Å²) in [6.45, 7) is 1.55. The lowest BCUT2D eigenvalue weighted by molar-refractivity contribution is 0.0787. The average Bonchev–Trinajstić information content (AvgIpc) is 3.31. The molecule has 2 aromatic rings. The Hall–Kier alpha value is -3.01. The van der Waals surface area contributed by atoms with Crippen molar-refractivity contribution in [2.75, 3.05) is 20.2 Å². The number of ether oxygens (including phenoxy) is 2. The molecule has 1 saturated heterocycles. The van der Waals surface area contributed by atoms with Gasteiger partial charge in [-0.25, -0.2) is 4.98 Å². The topological polar surface area (TPSA) is 88.6 Å². The number of amides is 1. The Balaban J connectivity index is 1.65. The number of oxazole rings is 1. The molecule has 0 radical (unpaired) electrons. The van der Waals surface area contributed by atoms with E-state index in [1.54, 1.807) is 23.1 Å². The number of carbonyl (C=O) groups is 1. The number of nitriles is 1. The molecule has 124 valence electrons. The van der Waals surface area contributed by atoms with Gasteiger partial charge in [-0.2, -0.15) is 5.26 Å². The van der Waals surface area contributed by atoms with E-state index in [0.717, 1.165) is 25.9 Å². The molecule has 0 aliphatic carbocycles. The summed E-state index contributed by atoms with van der Waals surface area (Å²) in [7, 11) is 1.53. The number of rotatable bonds is 5. The van der Waals surface area contributed by atoms with Gasteiger partial charge in [-0.05, 0) is 25.0 Å². The SMILES string of the molecule is COc1ccc(OCc2nc(C(=O)N3CCCC3)co2)c(C#N)c1. The normalized spacial score (nSPS) is 13.6. The van der Waals surface area contributed by atoms with Crippen LogP contribution >= 0.6 is 0 Å². The van der Waals surface area contributed by atoms with Crippen LogP contribution in [0, 0.1) is 11.3 Å². The fourth-order valence-corrected chi connectivity index (χ4v) is 2.55. The predicted molar refractivity (Wildman–Crippen MR) is 83.7 cm³/mol. The van der Waals surface area contributed by atoms with Crippen molar-refractivity contribution in [3.8, 4) is 17.6 Å². The van der Waals surface area contributed by atoms with E-state index in [2.05, 4.69) is 11.1 Å². The first-order chi connectivity index (χ1) is 11.7. The summed E-state index contributed by atoms with van der Waals surface area (Å²) >= 11 is 0. The van der Waals surface area contributed by atoms with Gasteiger partial charge in [0.1, 0.15) is 23.8 Å². The standard InChI is InChI=1S/C17H17N3O4/c1-22-13-4-5-15(12(8-13)9-18)23-11-16-19-14(10-24-16)17(21)20-6-2-3-7-20/h4-5,8,10H,2-3,6-7,11H2,1H3. The minimum Gasteiger partial charge on any atom is -0.497 e. The van der Waals surface area contributed by atoms with Crippen LogP contribution in [0.25, 0.3) is 0 Å². The van der Waals surface area contributed by atoms with Crippen LogP contribution in [0.15, 0.2) is 28.9 Å². The number of nitrogens with zero attached hydrogens (tertiary/aromatic N) is 3. The number of carbonyl (C=O) groups excluding carboxylic acids is 1. The summed E-state index contributed by atoms with van der Waals surface area (Å²) in [5.74, 6) is 1.15. The third-order valence-corrected chi connectivity index (χ3v) is 3.82. The zero-order valence-corrected chi connectivity index (χ0v) is 13.3. The smallest absolute Gasteiger partial charge is 0.275 e. The summed E-state index contributed by atoms with van der Waals surface area (Å²) < 4.78 is 15.9. The fraction of sp³-hybridized carbons (Fsp3) is 0.353. The van der Waals surface area contributed by atoms with Crippen molar-refractivity contribution in [1.82, 2.24) is 9.88 Å². The van der Waals surface area contributed by atoms with Gasteiger partial charge in [0.15, 0.2) is 12.3 Å². The Labute approximate surface area is 139 Å². The highest BCUT2D eigenvalue weighted by Gasteiger charge is 2.22. The van der Waals surface area contributed by atoms with Crippen LogP contribution in [0.5, 0.6) is 11.5 Å². The maximum Gasteiger partial charge on any atom is 0.275 e. The van der Waals surface area contributed by atoms with Gasteiger partial charge in [0.05, 0.1) is 12.7 Å². The van der Waals surface area contributed by atoms with Crippen LogP contribution in [-0.4, -0.2) is 36.0 Å². The molecule has 0 spiro atoms. The zero-order chi connectivity index (χ0) is 16.9. The second-order valence-electron chi connectivity index (χ2n) is 5.39. The molecule has 7 nitrogen and oxygen atoms in total. The van der Waals surface area contributed by atoms with Gasteiger partial charge in [-0.1, -0.05) is 0 Å². The van der Waals surface area contributed by atoms with Crippen LogP contribution in [0.1, 0.15) is 34.8 Å². The molecule has 0 bridgehead atoms. The Bertz CT molecular complexity index is 772. The molecule has 7 heteroatoms. The number of hydrogen-bond donors (Lipinski definition) is 0. The van der Waals surface area contributed by atoms with Crippen LogP contribution in [0.4, 0.5) is 0 Å². The average molecular weight is 327 g/mol. The van der Waals surface area contributed by atoms with Gasteiger partial charge in [-0.3, -0.25) is 4.79 Å². The van der Waals surface area contributed by atoms with E-state index in [1.807, 2.05) is 0 Å². The van der Waals surface area contributed by atoms with Crippen molar-refractivity contribution in [1.29, 1.82) is 5.26 Å². The molecule has 1 aromatic carbocycles. The van der Waals surface area contributed by atoms with E-state index in [-0.39, 0.29) is 24.1 Å². The van der Waals surface area contributed by atoms with Crippen molar-refractivity contribution in [3.63, 3.8) is 0 Å². The van der Waals surface area contributed by atoms with Gasteiger partial charge >= 0.3 is 0 Å². The lowest BCUT2D eigenvalue weighted by atomic mass is 10.2. The molecule has 0 unspecified atom stereocenters. The molecule has 1 fully saturated rings. The summed E-state index contributed by atoms with van der Waals surface area (Å²) in [6.07, 6.45) is 3.39. The van der Waals surface area contributed by atoms with Gasteiger partial charge in [0.2, 0.25) is 5.89 Å². The second kappa shape index (κ2) is 7.04. The summed E-state index contributed by atoms with van der Waals surface area (Å²) in [6, 6.07) is 6.99. The first kappa shape index (κ1) is 15.9. The van der Waals surface area contributed by atoms with E-state index in [9.17, 15) is 4.79 Å². The minimum absolute atomic E-state index is 0.0360. The fourth-order valence-electron chi connectivity index (χ4n) is 2.55. The molecule has 2 heterocycles. The van der Waals surface area contributed by atoms with Crippen LogP contribution in [-0.2, 0) is 6.61 Å². The number of hydrogen-bond acceptors (Lipinski definition) is 6. The largest absolute Gasteiger partial charge is 0.497 e. The third kappa shape index (κ3) is 3.33. The van der Waals surface area contributed by atoms with E-state index in [1.165, 1.54) is 13.4 Å². The number of methoxy groups -OCH3 is 1. The van der Waals surface area contributed by atoms with Gasteiger partial charge in [0, 0.05) is 19.2 Å². The summed E-state index contributed by atoms with van der Waals surface area (Å²) in [5.41, 5.74) is 0.639. The molecule has 0 atom stereocenters. The monoisotopic (exact) mass is 327 g/mol. The molecular formula is C17H17N3O4. The quantitative estimate of drug-likeness (QED) is 0.837. The van der Waals surface area contributed by atoms with Crippen molar-refractivity contribution >= 4 is 5.91 Å². The molecule has 1 aromatic heterocycles. The third-order valence-electron chi connectivity index (χ3n) is 3.82. The molecule has 24 heavy (non-hydrogen) atoms. The van der Waals surface area contributed by atoms with Crippen molar-refractivity contribution in [2.24, 2.45) is 0 Å². The lowest BCUT2D eigenvalue weighted by Gasteiger charge is -2.12. The van der Waals surface area contributed by atoms with Crippen molar-refractivity contribution in [2.45, 2.75) is 19.4 Å². The second-order valence-corrected chi connectivity index (χ2v) is 5.39. The number of benzene rings is 1. The van der Waals surface area contributed by atoms with E-state index in [4.69, 9.17) is 19.2 Å². The molecule has 1 aliphatic rings. The molecule has 1 amide bonds. The van der Waals surface area contributed by atoms with E-state index in [0.29, 0.717) is 17.1 Å². The van der Waals surface area contributed by atoms with Gasteiger partial charge in [-0.15, -0.1) is 0 Å². The molecule has 3 rings (SSSR count). The highest BCUT2D eigenvalue weighted by atomic mass is 16.5. The highest BCUT2D eigenvalue weighted by molar-refractivity contribution is 5.92. The maximum absolute atomic E-state index is 12.2. The molecule has 0 N–H and O–H groups in total. The van der Waals surface area contributed by atoms with Crippen molar-refractivity contribution < 1.29 is 18.7 Å². The molecule has 0 saturated carbocycles. The highest BCUT2D eigenvalue weighted by Crippen LogP contribution is 2.24. The van der Waals surface area contributed by atoms with Crippen molar-refractivity contribution in [3.05, 3.63) is 41.6 Å². The Morgan fingerprint density at radius 3 is 2.92 bits per heavy atom. The van der Waals surface area contributed by atoms with Crippen LogP contribution in [0.2, 0.25) is 0 Å². The molecule has 1 aliphatic heterocycles. The predicted octanol–water partition coefficient (Wildman–Crippen LogP) is 2.37. The lowest BCUT2D eigenvalue weighted by Crippen LogP contribution is -2.27. The Morgan fingerprint density at radius 2 is 2.21 bits per heavy atom. The summed E-state index contributed by atoms with van der Waals surface area (Å²) in [4.78, 5) is 18.1. The first-order valence-corrected chi connectivity index (χ1v) is 7.66. The van der Waals surface area contributed by atoms with Gasteiger partial charge in [0.25, 0.3) is 5.91 Å². The Morgan fingerprint density at radius 1 is 1.42 bits per heavy atom. The van der Waals surface area contributed by atoms with Crippen LogP contribution < -0.4 is 9.47 Å². The van der Waals surface area contributed by atoms with E-state index >= 15 is 0 Å². The first-order valence-electron chi connectivity index (χ1n) is 7.66. The maximum atomic E-state index is 12.2.